The summed E-state index contributed by atoms with van der Waals surface area (Å²) in [5.41, 5.74) is 3.24. The molecule has 2 N–H and O–H groups in total. The molecule has 7 nitrogen and oxygen atoms in total. The summed E-state index contributed by atoms with van der Waals surface area (Å²) < 4.78 is 0. The summed E-state index contributed by atoms with van der Waals surface area (Å²) in [4.78, 5) is 42.5. The number of anilines is 1. The summed E-state index contributed by atoms with van der Waals surface area (Å²) in [6, 6.07) is 7.83. The van der Waals surface area contributed by atoms with Crippen LogP contribution in [0.5, 0.6) is 0 Å². The van der Waals surface area contributed by atoms with Crippen LogP contribution >= 0.6 is 11.8 Å². The smallest absolute Gasteiger partial charge is 0.337 e. The number of hydrogen-bond acceptors (Lipinski definition) is 5. The zero-order chi connectivity index (χ0) is 20.4. The SMILES string of the molecule is Cc1cccc(NC(=O)C2CSCN2C(=O)c2ccc(C(=O)O)c(C)n2)c1C. The molecule has 8 heteroatoms. The second-order valence-corrected chi connectivity index (χ2v) is 7.66. The van der Waals surface area contributed by atoms with E-state index in [1.165, 1.54) is 28.8 Å². The molecule has 1 aliphatic heterocycles. The van der Waals surface area contributed by atoms with Gasteiger partial charge in [-0.1, -0.05) is 12.1 Å². The number of rotatable bonds is 4. The van der Waals surface area contributed by atoms with Crippen molar-refractivity contribution in [3.8, 4) is 0 Å². The molecule has 0 aliphatic carbocycles. The Morgan fingerprint density at radius 2 is 1.93 bits per heavy atom. The standard InChI is InChI=1S/C20H21N3O4S/c1-11-5-4-6-15(12(11)2)22-18(24)17-9-28-10-23(17)19(25)16-8-7-14(20(26)27)13(3)21-16/h4-8,17H,9-10H2,1-3H3,(H,22,24)(H,26,27). The van der Waals surface area contributed by atoms with Crippen LogP contribution in [0.25, 0.3) is 0 Å². The Morgan fingerprint density at radius 1 is 1.18 bits per heavy atom. The molecular weight excluding hydrogens is 378 g/mol. The first-order valence-electron chi connectivity index (χ1n) is 8.76. The molecule has 1 fully saturated rings. The van der Waals surface area contributed by atoms with E-state index in [2.05, 4.69) is 10.3 Å². The van der Waals surface area contributed by atoms with Crippen molar-refractivity contribution >= 4 is 35.2 Å². The number of benzene rings is 1. The summed E-state index contributed by atoms with van der Waals surface area (Å²) in [6.45, 7) is 5.46. The molecule has 0 radical (unpaired) electrons. The Bertz CT molecular complexity index is 960. The van der Waals surface area contributed by atoms with Gasteiger partial charge in [-0.05, 0) is 50.1 Å². The van der Waals surface area contributed by atoms with Gasteiger partial charge in [0.15, 0.2) is 0 Å². The average Bonchev–Trinajstić information content (AvgIpc) is 3.14. The van der Waals surface area contributed by atoms with Crippen molar-refractivity contribution in [2.45, 2.75) is 26.8 Å². The molecule has 1 atom stereocenters. The lowest BCUT2D eigenvalue weighted by Gasteiger charge is -2.23. The quantitative estimate of drug-likeness (QED) is 0.820. The van der Waals surface area contributed by atoms with E-state index < -0.39 is 12.0 Å². The predicted molar refractivity (Wildman–Crippen MR) is 108 cm³/mol. The van der Waals surface area contributed by atoms with E-state index in [4.69, 9.17) is 5.11 Å². The molecule has 0 bridgehead atoms. The van der Waals surface area contributed by atoms with Crippen molar-refractivity contribution < 1.29 is 19.5 Å². The number of nitrogens with one attached hydrogen (secondary N) is 1. The minimum absolute atomic E-state index is 0.0524. The molecule has 0 spiro atoms. The number of carboxylic acids is 1. The summed E-state index contributed by atoms with van der Waals surface area (Å²) in [5.74, 6) is -0.844. The summed E-state index contributed by atoms with van der Waals surface area (Å²) in [5, 5.41) is 12.0. The van der Waals surface area contributed by atoms with Crippen LogP contribution in [0, 0.1) is 20.8 Å². The number of aromatic nitrogens is 1. The maximum atomic E-state index is 12.9. The molecule has 1 saturated heterocycles. The monoisotopic (exact) mass is 399 g/mol. The maximum Gasteiger partial charge on any atom is 0.337 e. The van der Waals surface area contributed by atoms with Crippen molar-refractivity contribution in [3.63, 3.8) is 0 Å². The predicted octanol–water partition coefficient (Wildman–Crippen LogP) is 2.86. The molecule has 1 unspecified atom stereocenters. The Kier molecular flexibility index (Phi) is 5.69. The first-order chi connectivity index (χ1) is 13.3. The van der Waals surface area contributed by atoms with Crippen molar-refractivity contribution in [2.24, 2.45) is 0 Å². The van der Waals surface area contributed by atoms with E-state index in [0.717, 1.165) is 16.8 Å². The van der Waals surface area contributed by atoms with Gasteiger partial charge in [0.25, 0.3) is 5.91 Å². The fourth-order valence-corrected chi connectivity index (χ4v) is 4.17. The summed E-state index contributed by atoms with van der Waals surface area (Å²) >= 11 is 1.49. The van der Waals surface area contributed by atoms with Crippen molar-refractivity contribution in [1.82, 2.24) is 9.88 Å². The van der Waals surface area contributed by atoms with Gasteiger partial charge in [-0.15, -0.1) is 11.8 Å². The van der Waals surface area contributed by atoms with Crippen LogP contribution in [-0.2, 0) is 4.79 Å². The van der Waals surface area contributed by atoms with Gasteiger partial charge in [0.05, 0.1) is 17.1 Å². The third-order valence-corrected chi connectivity index (χ3v) is 5.86. The Morgan fingerprint density at radius 3 is 2.61 bits per heavy atom. The van der Waals surface area contributed by atoms with E-state index in [0.29, 0.717) is 11.6 Å². The third kappa shape index (κ3) is 3.87. The van der Waals surface area contributed by atoms with Crippen LogP contribution in [0.1, 0.15) is 37.7 Å². The highest BCUT2D eigenvalue weighted by molar-refractivity contribution is 7.99. The van der Waals surface area contributed by atoms with Crippen LogP contribution in [0.4, 0.5) is 5.69 Å². The van der Waals surface area contributed by atoms with Gasteiger partial charge in [-0.25, -0.2) is 9.78 Å². The number of aryl methyl sites for hydroxylation is 2. The topological polar surface area (TPSA) is 99.6 Å². The second kappa shape index (κ2) is 8.02. The maximum absolute atomic E-state index is 12.9. The van der Waals surface area contributed by atoms with Crippen LogP contribution in [-0.4, -0.2) is 50.4 Å². The summed E-state index contributed by atoms with van der Waals surface area (Å²) in [6.07, 6.45) is 0. The molecule has 0 saturated carbocycles. The molecule has 28 heavy (non-hydrogen) atoms. The van der Waals surface area contributed by atoms with Gasteiger partial charge in [0.2, 0.25) is 5.91 Å². The number of hydrogen-bond donors (Lipinski definition) is 2. The number of carbonyl (C=O) groups excluding carboxylic acids is 2. The Hall–Kier alpha value is -2.87. The van der Waals surface area contributed by atoms with E-state index in [9.17, 15) is 14.4 Å². The van der Waals surface area contributed by atoms with Crippen LogP contribution in [0.15, 0.2) is 30.3 Å². The largest absolute Gasteiger partial charge is 0.478 e. The zero-order valence-electron chi connectivity index (χ0n) is 15.9. The van der Waals surface area contributed by atoms with Crippen molar-refractivity contribution in [1.29, 1.82) is 0 Å². The normalized spacial score (nSPS) is 16.1. The van der Waals surface area contributed by atoms with Gasteiger partial charge in [0.1, 0.15) is 11.7 Å². The average molecular weight is 399 g/mol. The van der Waals surface area contributed by atoms with Gasteiger partial charge >= 0.3 is 5.97 Å². The molecule has 2 amide bonds. The van der Waals surface area contributed by atoms with E-state index in [-0.39, 0.29) is 28.8 Å². The molecule has 2 aromatic rings. The molecule has 2 heterocycles. The molecular formula is C20H21N3O4S. The number of amides is 2. The number of nitrogens with zero attached hydrogens (tertiary/aromatic N) is 2. The highest BCUT2D eigenvalue weighted by Crippen LogP contribution is 2.25. The van der Waals surface area contributed by atoms with E-state index in [1.807, 2.05) is 32.0 Å². The Labute approximate surface area is 167 Å². The van der Waals surface area contributed by atoms with E-state index in [1.54, 1.807) is 6.92 Å². The lowest BCUT2D eigenvalue weighted by molar-refractivity contribution is -0.119. The van der Waals surface area contributed by atoms with E-state index >= 15 is 0 Å². The molecule has 1 aromatic heterocycles. The van der Waals surface area contributed by atoms with Gasteiger partial charge in [-0.3, -0.25) is 9.59 Å². The number of thioether (sulfide) groups is 1. The lowest BCUT2D eigenvalue weighted by Crippen LogP contribution is -2.44. The fourth-order valence-electron chi connectivity index (χ4n) is 3.02. The molecule has 1 aliphatic rings. The summed E-state index contributed by atoms with van der Waals surface area (Å²) in [7, 11) is 0. The third-order valence-electron chi connectivity index (χ3n) is 4.84. The number of aromatic carboxylic acids is 1. The highest BCUT2D eigenvalue weighted by atomic mass is 32.2. The van der Waals surface area contributed by atoms with Gasteiger partial charge in [0, 0.05) is 11.4 Å². The van der Waals surface area contributed by atoms with Crippen molar-refractivity contribution in [3.05, 3.63) is 58.4 Å². The number of pyridine rings is 1. The fraction of sp³-hybridized carbons (Fsp3) is 0.300. The number of carboxylic acid groups (broad SMARTS) is 1. The van der Waals surface area contributed by atoms with Gasteiger partial charge < -0.3 is 15.3 Å². The van der Waals surface area contributed by atoms with Crippen LogP contribution in [0.2, 0.25) is 0 Å². The Balaban J connectivity index is 1.79. The zero-order valence-corrected chi connectivity index (χ0v) is 16.7. The first-order valence-corrected chi connectivity index (χ1v) is 9.91. The second-order valence-electron chi connectivity index (χ2n) is 6.66. The molecule has 3 rings (SSSR count). The van der Waals surface area contributed by atoms with Crippen molar-refractivity contribution in [2.75, 3.05) is 16.9 Å². The lowest BCUT2D eigenvalue weighted by atomic mass is 10.1. The first kappa shape index (κ1) is 19.9. The molecule has 1 aromatic carbocycles. The van der Waals surface area contributed by atoms with Crippen LogP contribution < -0.4 is 5.32 Å². The highest BCUT2D eigenvalue weighted by Gasteiger charge is 2.36. The minimum atomic E-state index is -1.09. The minimum Gasteiger partial charge on any atom is -0.478 e. The van der Waals surface area contributed by atoms with Crippen LogP contribution in [0.3, 0.4) is 0 Å². The number of carbonyl (C=O) groups is 3. The van der Waals surface area contributed by atoms with Gasteiger partial charge in [-0.2, -0.15) is 0 Å². The molecule has 146 valence electrons.